The Morgan fingerprint density at radius 3 is 2.55 bits per heavy atom. The van der Waals surface area contributed by atoms with Crippen LogP contribution in [0.2, 0.25) is 5.02 Å². The molecule has 0 radical (unpaired) electrons. The van der Waals surface area contributed by atoms with Crippen molar-refractivity contribution in [1.29, 1.82) is 0 Å². The van der Waals surface area contributed by atoms with Crippen LogP contribution in [0.25, 0.3) is 5.52 Å². The lowest BCUT2D eigenvalue weighted by atomic mass is 9.89. The summed E-state index contributed by atoms with van der Waals surface area (Å²) in [5.74, 6) is -0.233. The van der Waals surface area contributed by atoms with E-state index in [4.69, 9.17) is 11.6 Å². The van der Waals surface area contributed by atoms with Crippen molar-refractivity contribution in [2.24, 2.45) is 0 Å². The zero-order valence-electron chi connectivity index (χ0n) is 20.6. The predicted octanol–water partition coefficient (Wildman–Crippen LogP) is 7.09. The second kappa shape index (κ2) is 10.6. The van der Waals surface area contributed by atoms with Crippen LogP contribution >= 0.6 is 11.6 Å². The number of aryl methyl sites for hydroxylation is 1. The molecule has 10 heteroatoms. The van der Waals surface area contributed by atoms with Gasteiger partial charge in [0, 0.05) is 25.0 Å². The van der Waals surface area contributed by atoms with Crippen LogP contribution in [-0.4, -0.2) is 35.0 Å². The largest absolute Gasteiger partial charge is 0.573 e. The molecule has 3 heterocycles. The first kappa shape index (κ1) is 25.9. The highest BCUT2D eigenvalue weighted by Crippen LogP contribution is 2.37. The van der Waals surface area contributed by atoms with Gasteiger partial charge in [0.2, 0.25) is 0 Å². The van der Waals surface area contributed by atoms with Crippen LogP contribution in [0.15, 0.2) is 67.0 Å². The van der Waals surface area contributed by atoms with Gasteiger partial charge < -0.3 is 15.0 Å². The van der Waals surface area contributed by atoms with Gasteiger partial charge in [-0.1, -0.05) is 36.7 Å². The van der Waals surface area contributed by atoms with Crippen LogP contribution in [0.5, 0.6) is 5.75 Å². The second-order valence-electron chi connectivity index (χ2n) is 9.24. The van der Waals surface area contributed by atoms with E-state index in [1.807, 2.05) is 31.2 Å². The van der Waals surface area contributed by atoms with E-state index in [1.165, 1.54) is 12.1 Å². The molecule has 1 amide bonds. The minimum absolute atomic E-state index is 0.216. The average molecular weight is 543 g/mol. The normalized spacial score (nSPS) is 14.6. The number of fused-ring (bicyclic) bond motifs is 1. The lowest BCUT2D eigenvalue weighted by Gasteiger charge is -2.35. The summed E-state index contributed by atoms with van der Waals surface area (Å²) < 4.78 is 42.9. The number of benzene rings is 2. The molecule has 1 aliphatic heterocycles. The van der Waals surface area contributed by atoms with Gasteiger partial charge in [-0.05, 0) is 72.7 Å². The van der Waals surface area contributed by atoms with Gasteiger partial charge in [-0.15, -0.1) is 13.2 Å². The van der Waals surface area contributed by atoms with Crippen molar-refractivity contribution in [3.8, 4) is 5.75 Å². The Bertz CT molecular complexity index is 1450. The SMILES string of the molecule is CCc1cc(N2CCC(c3ccc(OC(F)(F)F)cc3)CC2)c(Cl)cc1NC(=O)c1cnn2ccccc12. The Morgan fingerprint density at radius 1 is 1.13 bits per heavy atom. The first-order chi connectivity index (χ1) is 18.2. The molecule has 0 spiro atoms. The van der Waals surface area contributed by atoms with Crippen molar-refractivity contribution in [2.45, 2.75) is 38.5 Å². The number of alkyl halides is 3. The van der Waals surface area contributed by atoms with E-state index in [2.05, 4.69) is 20.1 Å². The summed E-state index contributed by atoms with van der Waals surface area (Å²) in [6.07, 6.45) is 1.02. The van der Waals surface area contributed by atoms with Gasteiger partial charge in [0.15, 0.2) is 0 Å². The summed E-state index contributed by atoms with van der Waals surface area (Å²) in [7, 11) is 0. The van der Waals surface area contributed by atoms with Crippen LogP contribution < -0.4 is 15.0 Å². The van der Waals surface area contributed by atoms with Crippen LogP contribution in [-0.2, 0) is 6.42 Å². The van der Waals surface area contributed by atoms with E-state index in [0.717, 1.165) is 48.3 Å². The van der Waals surface area contributed by atoms with E-state index < -0.39 is 6.36 Å². The Balaban J connectivity index is 1.27. The number of pyridine rings is 1. The number of carbonyl (C=O) groups excluding carboxylic acids is 1. The molecule has 1 aliphatic rings. The summed E-state index contributed by atoms with van der Waals surface area (Å²) >= 11 is 6.70. The number of hydrogen-bond acceptors (Lipinski definition) is 4. The maximum atomic E-state index is 13.0. The predicted molar refractivity (Wildman–Crippen MR) is 141 cm³/mol. The molecule has 4 aromatic rings. The number of rotatable bonds is 6. The van der Waals surface area contributed by atoms with Crippen molar-refractivity contribution in [2.75, 3.05) is 23.3 Å². The van der Waals surface area contributed by atoms with Crippen molar-refractivity contribution in [3.63, 3.8) is 0 Å². The first-order valence-electron chi connectivity index (χ1n) is 12.4. The number of halogens is 4. The molecule has 198 valence electrons. The lowest BCUT2D eigenvalue weighted by Crippen LogP contribution is -2.33. The van der Waals surface area contributed by atoms with Crippen molar-refractivity contribution in [1.82, 2.24) is 9.61 Å². The van der Waals surface area contributed by atoms with Gasteiger partial charge in [-0.2, -0.15) is 5.10 Å². The summed E-state index contributed by atoms with van der Waals surface area (Å²) in [6.45, 7) is 3.53. The molecular formula is C28H26ClF3N4O2. The summed E-state index contributed by atoms with van der Waals surface area (Å²) in [6, 6.07) is 15.5. The molecule has 6 nitrogen and oxygen atoms in total. The Kier molecular flexibility index (Phi) is 7.21. The minimum Gasteiger partial charge on any atom is -0.406 e. The molecule has 2 aromatic carbocycles. The first-order valence-corrected chi connectivity index (χ1v) is 12.8. The molecule has 1 fully saturated rings. The topological polar surface area (TPSA) is 58.9 Å². The third-order valence-electron chi connectivity index (χ3n) is 6.89. The number of piperidine rings is 1. The quantitative estimate of drug-likeness (QED) is 0.283. The molecule has 0 bridgehead atoms. The zero-order valence-corrected chi connectivity index (χ0v) is 21.4. The number of ether oxygens (including phenoxy) is 1. The summed E-state index contributed by atoms with van der Waals surface area (Å²) in [5.41, 5.74) is 4.73. The standard InChI is InChI=1S/C28H26ClF3N4O2/c1-2-18-15-26(23(29)16-24(18)34-27(37)22-17-33-36-12-4-3-5-25(22)36)35-13-10-20(11-14-35)19-6-8-21(9-7-19)38-28(30,31)32/h3-9,12,15-17,20H,2,10-11,13-14H2,1H3,(H,34,37). The maximum absolute atomic E-state index is 13.0. The second-order valence-corrected chi connectivity index (χ2v) is 9.64. The van der Waals surface area contributed by atoms with Gasteiger partial charge in [-0.3, -0.25) is 4.79 Å². The molecule has 2 aromatic heterocycles. The van der Waals surface area contributed by atoms with Crippen LogP contribution in [0.4, 0.5) is 24.5 Å². The third kappa shape index (κ3) is 5.57. The van der Waals surface area contributed by atoms with E-state index in [9.17, 15) is 18.0 Å². The maximum Gasteiger partial charge on any atom is 0.573 e. The van der Waals surface area contributed by atoms with E-state index >= 15 is 0 Å². The number of hydrogen-bond donors (Lipinski definition) is 1. The number of nitrogens with one attached hydrogen (secondary N) is 1. The molecule has 0 aliphatic carbocycles. The van der Waals surface area contributed by atoms with Gasteiger partial charge in [0.25, 0.3) is 5.91 Å². The highest BCUT2D eigenvalue weighted by atomic mass is 35.5. The Labute approximate surface area is 223 Å². The number of amides is 1. The molecule has 0 unspecified atom stereocenters. The number of nitrogens with zero attached hydrogens (tertiary/aromatic N) is 3. The van der Waals surface area contributed by atoms with E-state index in [-0.39, 0.29) is 17.6 Å². The highest BCUT2D eigenvalue weighted by molar-refractivity contribution is 6.33. The fourth-order valence-electron chi connectivity index (χ4n) is 4.95. The van der Waals surface area contributed by atoms with Crippen molar-refractivity contribution >= 4 is 34.4 Å². The fraction of sp³-hybridized carbons (Fsp3) is 0.286. The minimum atomic E-state index is -4.70. The van der Waals surface area contributed by atoms with Gasteiger partial charge >= 0.3 is 6.36 Å². The number of anilines is 2. The molecule has 1 saturated heterocycles. The number of aromatic nitrogens is 2. The van der Waals surface area contributed by atoms with Gasteiger partial charge in [0.1, 0.15) is 5.75 Å². The molecule has 38 heavy (non-hydrogen) atoms. The van der Waals surface area contributed by atoms with Gasteiger partial charge in [-0.25, -0.2) is 4.52 Å². The summed E-state index contributed by atoms with van der Waals surface area (Å²) in [5, 5.41) is 7.78. The van der Waals surface area contributed by atoms with E-state index in [0.29, 0.717) is 22.7 Å². The fourth-order valence-corrected chi connectivity index (χ4v) is 5.23. The molecule has 0 atom stereocenters. The lowest BCUT2D eigenvalue weighted by molar-refractivity contribution is -0.274. The van der Waals surface area contributed by atoms with Crippen LogP contribution in [0, 0.1) is 0 Å². The highest BCUT2D eigenvalue weighted by Gasteiger charge is 2.31. The van der Waals surface area contributed by atoms with Crippen LogP contribution in [0.1, 0.15) is 47.2 Å². The molecule has 0 saturated carbocycles. The zero-order chi connectivity index (χ0) is 26.9. The molecular weight excluding hydrogens is 517 g/mol. The van der Waals surface area contributed by atoms with E-state index in [1.54, 1.807) is 35.1 Å². The molecule has 1 N–H and O–H groups in total. The van der Waals surface area contributed by atoms with Crippen molar-refractivity contribution in [3.05, 3.63) is 88.7 Å². The Hall–Kier alpha value is -3.72. The van der Waals surface area contributed by atoms with Crippen LogP contribution in [0.3, 0.4) is 0 Å². The summed E-state index contributed by atoms with van der Waals surface area (Å²) in [4.78, 5) is 15.3. The smallest absolute Gasteiger partial charge is 0.406 e. The Morgan fingerprint density at radius 2 is 1.87 bits per heavy atom. The number of carbonyl (C=O) groups is 1. The third-order valence-corrected chi connectivity index (χ3v) is 7.20. The van der Waals surface area contributed by atoms with Crippen molar-refractivity contribution < 1.29 is 22.7 Å². The van der Waals surface area contributed by atoms with Gasteiger partial charge in [0.05, 0.1) is 28.0 Å². The molecule has 5 rings (SSSR count). The average Bonchev–Trinajstić information content (AvgIpc) is 3.33. The monoisotopic (exact) mass is 542 g/mol.